The van der Waals surface area contributed by atoms with Crippen LogP contribution in [0.1, 0.15) is 39.0 Å². The SMILES string of the molecule is CC(O)CN(CC(=O)N(C)c1ccccc1)C1CCCCC1. The molecule has 1 fully saturated rings. The second-order valence-corrected chi connectivity index (χ2v) is 6.36. The van der Waals surface area contributed by atoms with Crippen LogP contribution in [-0.2, 0) is 4.79 Å². The zero-order valence-electron chi connectivity index (χ0n) is 13.7. The van der Waals surface area contributed by atoms with Gasteiger partial charge in [0.15, 0.2) is 0 Å². The molecule has 0 aliphatic heterocycles. The highest BCUT2D eigenvalue weighted by atomic mass is 16.3. The van der Waals surface area contributed by atoms with Gasteiger partial charge in [-0.15, -0.1) is 0 Å². The van der Waals surface area contributed by atoms with Crippen LogP contribution in [0.25, 0.3) is 0 Å². The van der Waals surface area contributed by atoms with E-state index in [2.05, 4.69) is 4.90 Å². The van der Waals surface area contributed by atoms with Gasteiger partial charge in [-0.2, -0.15) is 0 Å². The molecule has 122 valence electrons. The first-order chi connectivity index (χ1) is 10.6. The summed E-state index contributed by atoms with van der Waals surface area (Å²) in [6.45, 7) is 2.74. The molecule has 1 amide bonds. The molecule has 1 unspecified atom stereocenters. The number of amides is 1. The predicted octanol–water partition coefficient (Wildman–Crippen LogP) is 2.66. The average Bonchev–Trinajstić information content (AvgIpc) is 2.54. The van der Waals surface area contributed by atoms with E-state index in [0.717, 1.165) is 18.5 Å². The molecule has 1 aliphatic carbocycles. The maximum atomic E-state index is 12.6. The highest BCUT2D eigenvalue weighted by Crippen LogP contribution is 2.23. The van der Waals surface area contributed by atoms with Crippen LogP contribution in [-0.4, -0.2) is 48.2 Å². The third-order valence-corrected chi connectivity index (χ3v) is 4.45. The lowest BCUT2D eigenvalue weighted by molar-refractivity contribution is -0.120. The largest absolute Gasteiger partial charge is 0.392 e. The Kier molecular flexibility index (Phi) is 6.40. The number of nitrogens with zero attached hydrogens (tertiary/aromatic N) is 2. The third-order valence-electron chi connectivity index (χ3n) is 4.45. The van der Waals surface area contributed by atoms with Crippen LogP contribution in [0.2, 0.25) is 0 Å². The van der Waals surface area contributed by atoms with E-state index in [-0.39, 0.29) is 5.91 Å². The Morgan fingerprint density at radius 1 is 1.23 bits per heavy atom. The Hall–Kier alpha value is -1.39. The van der Waals surface area contributed by atoms with Gasteiger partial charge < -0.3 is 10.0 Å². The van der Waals surface area contributed by atoms with Crippen molar-refractivity contribution in [3.63, 3.8) is 0 Å². The van der Waals surface area contributed by atoms with Crippen LogP contribution in [0, 0.1) is 0 Å². The summed E-state index contributed by atoms with van der Waals surface area (Å²) in [5, 5.41) is 9.76. The standard InChI is InChI=1S/C18H28N2O2/c1-15(21)13-20(17-11-7-4-8-12-17)14-18(22)19(2)16-9-5-3-6-10-16/h3,5-6,9-10,15,17,21H,4,7-8,11-14H2,1-2H3. The molecular formula is C18H28N2O2. The second-order valence-electron chi connectivity index (χ2n) is 6.36. The number of benzene rings is 1. The third kappa shape index (κ3) is 4.82. The first-order valence-corrected chi connectivity index (χ1v) is 8.31. The van der Waals surface area contributed by atoms with Gasteiger partial charge >= 0.3 is 0 Å². The molecule has 4 nitrogen and oxygen atoms in total. The number of rotatable bonds is 6. The Morgan fingerprint density at radius 2 is 1.86 bits per heavy atom. The van der Waals surface area contributed by atoms with Crippen molar-refractivity contribution < 1.29 is 9.90 Å². The average molecular weight is 304 g/mol. The molecule has 2 rings (SSSR count). The topological polar surface area (TPSA) is 43.8 Å². The van der Waals surface area contributed by atoms with Gasteiger partial charge in [-0.1, -0.05) is 37.5 Å². The van der Waals surface area contributed by atoms with Crippen molar-refractivity contribution in [1.82, 2.24) is 4.90 Å². The molecule has 1 atom stereocenters. The van der Waals surface area contributed by atoms with Crippen molar-refractivity contribution >= 4 is 11.6 Å². The quantitative estimate of drug-likeness (QED) is 0.879. The summed E-state index contributed by atoms with van der Waals surface area (Å²) in [5.74, 6) is 0.0809. The normalized spacial score (nSPS) is 17.5. The van der Waals surface area contributed by atoms with Crippen molar-refractivity contribution in [3.8, 4) is 0 Å². The number of likely N-dealkylation sites (N-methyl/N-ethyl adjacent to an activating group) is 1. The number of aliphatic hydroxyl groups is 1. The minimum absolute atomic E-state index is 0.0809. The van der Waals surface area contributed by atoms with Gasteiger partial charge in [-0.3, -0.25) is 9.69 Å². The van der Waals surface area contributed by atoms with Gasteiger partial charge in [0.1, 0.15) is 0 Å². The summed E-state index contributed by atoms with van der Waals surface area (Å²) in [7, 11) is 1.82. The monoisotopic (exact) mass is 304 g/mol. The summed E-state index contributed by atoms with van der Waals surface area (Å²) in [6, 6.07) is 10.1. The number of anilines is 1. The summed E-state index contributed by atoms with van der Waals surface area (Å²) in [6.07, 6.45) is 5.60. The lowest BCUT2D eigenvalue weighted by atomic mass is 9.94. The molecule has 1 aromatic carbocycles. The Bertz CT molecular complexity index is 455. The van der Waals surface area contributed by atoms with E-state index >= 15 is 0 Å². The number of hydrogen-bond donors (Lipinski definition) is 1. The molecule has 0 radical (unpaired) electrons. The van der Waals surface area contributed by atoms with Gasteiger partial charge in [0, 0.05) is 25.3 Å². The highest BCUT2D eigenvalue weighted by molar-refractivity contribution is 5.94. The van der Waals surface area contributed by atoms with Crippen molar-refractivity contribution in [2.45, 2.75) is 51.2 Å². The molecular weight excluding hydrogens is 276 g/mol. The van der Waals surface area contributed by atoms with E-state index in [1.165, 1.54) is 19.3 Å². The van der Waals surface area contributed by atoms with Gasteiger partial charge in [-0.05, 0) is 31.9 Å². The molecule has 0 bridgehead atoms. The molecule has 0 spiro atoms. The fourth-order valence-electron chi connectivity index (χ4n) is 3.20. The van der Waals surface area contributed by atoms with Crippen molar-refractivity contribution in [2.75, 3.05) is 25.0 Å². The van der Waals surface area contributed by atoms with E-state index in [4.69, 9.17) is 0 Å². The number of para-hydroxylation sites is 1. The van der Waals surface area contributed by atoms with Crippen LogP contribution < -0.4 is 4.90 Å². The molecule has 4 heteroatoms. The minimum Gasteiger partial charge on any atom is -0.392 e. The fraction of sp³-hybridized carbons (Fsp3) is 0.611. The Morgan fingerprint density at radius 3 is 2.45 bits per heavy atom. The van der Waals surface area contributed by atoms with Crippen molar-refractivity contribution in [3.05, 3.63) is 30.3 Å². The Labute approximate surface area is 133 Å². The van der Waals surface area contributed by atoms with Gasteiger partial charge in [0.25, 0.3) is 0 Å². The summed E-state index contributed by atoms with van der Waals surface area (Å²) in [4.78, 5) is 16.5. The lowest BCUT2D eigenvalue weighted by Crippen LogP contribution is -2.47. The molecule has 0 heterocycles. The predicted molar refractivity (Wildman–Crippen MR) is 90.0 cm³/mol. The Balaban J connectivity index is 2.00. The van der Waals surface area contributed by atoms with Crippen LogP contribution in [0.3, 0.4) is 0 Å². The molecule has 1 saturated carbocycles. The van der Waals surface area contributed by atoms with Crippen LogP contribution in [0.5, 0.6) is 0 Å². The zero-order valence-corrected chi connectivity index (χ0v) is 13.7. The number of aliphatic hydroxyl groups excluding tert-OH is 1. The lowest BCUT2D eigenvalue weighted by Gasteiger charge is -2.35. The van der Waals surface area contributed by atoms with E-state index < -0.39 is 6.10 Å². The minimum atomic E-state index is -0.406. The molecule has 1 N–H and O–H groups in total. The van der Waals surface area contributed by atoms with Crippen molar-refractivity contribution in [2.24, 2.45) is 0 Å². The molecule has 0 aromatic heterocycles. The molecule has 1 aromatic rings. The second kappa shape index (κ2) is 8.30. The van der Waals surface area contributed by atoms with E-state index in [9.17, 15) is 9.90 Å². The van der Waals surface area contributed by atoms with Gasteiger partial charge in [0.2, 0.25) is 5.91 Å². The van der Waals surface area contributed by atoms with E-state index in [0.29, 0.717) is 19.1 Å². The summed E-state index contributed by atoms with van der Waals surface area (Å²) >= 11 is 0. The maximum absolute atomic E-state index is 12.6. The number of carbonyl (C=O) groups excluding carboxylic acids is 1. The first kappa shape index (κ1) is 17.0. The van der Waals surface area contributed by atoms with E-state index in [1.807, 2.05) is 37.4 Å². The van der Waals surface area contributed by atoms with Crippen LogP contribution >= 0.6 is 0 Å². The van der Waals surface area contributed by atoms with Crippen molar-refractivity contribution in [1.29, 1.82) is 0 Å². The molecule has 0 saturated heterocycles. The molecule has 1 aliphatic rings. The van der Waals surface area contributed by atoms with Crippen LogP contribution in [0.15, 0.2) is 30.3 Å². The maximum Gasteiger partial charge on any atom is 0.240 e. The first-order valence-electron chi connectivity index (χ1n) is 8.31. The fourth-order valence-corrected chi connectivity index (χ4v) is 3.20. The summed E-state index contributed by atoms with van der Waals surface area (Å²) in [5.41, 5.74) is 0.910. The van der Waals surface area contributed by atoms with Gasteiger partial charge in [-0.25, -0.2) is 0 Å². The summed E-state index contributed by atoms with van der Waals surface area (Å²) < 4.78 is 0. The van der Waals surface area contributed by atoms with E-state index in [1.54, 1.807) is 11.8 Å². The smallest absolute Gasteiger partial charge is 0.240 e. The van der Waals surface area contributed by atoms with Gasteiger partial charge in [0.05, 0.1) is 12.6 Å². The molecule has 22 heavy (non-hydrogen) atoms. The van der Waals surface area contributed by atoms with Crippen LogP contribution in [0.4, 0.5) is 5.69 Å². The number of carbonyl (C=O) groups is 1. The highest BCUT2D eigenvalue weighted by Gasteiger charge is 2.25. The zero-order chi connectivity index (χ0) is 15.9. The number of hydrogen-bond acceptors (Lipinski definition) is 3.